The van der Waals surface area contributed by atoms with Crippen LogP contribution in [0.3, 0.4) is 0 Å². The molecule has 3 aromatic rings. The average Bonchev–Trinajstić information content (AvgIpc) is 2.74. The van der Waals surface area contributed by atoms with Crippen molar-refractivity contribution in [1.82, 2.24) is 0 Å². The van der Waals surface area contributed by atoms with E-state index in [1.165, 1.54) is 46.6 Å². The summed E-state index contributed by atoms with van der Waals surface area (Å²) >= 11 is 0. The lowest BCUT2D eigenvalue weighted by Crippen LogP contribution is -2.14. The molecule has 3 rings (SSSR count). The van der Waals surface area contributed by atoms with Crippen LogP contribution in [0.5, 0.6) is 0 Å². The zero-order valence-electron chi connectivity index (χ0n) is 21.4. The predicted octanol–water partition coefficient (Wildman–Crippen LogP) is 9.65. The second-order valence-electron chi connectivity index (χ2n) is 11.2. The highest BCUT2D eigenvalue weighted by Crippen LogP contribution is 2.37. The van der Waals surface area contributed by atoms with Gasteiger partial charge in [-0.05, 0) is 76.3 Å². The van der Waals surface area contributed by atoms with Crippen LogP contribution in [0.2, 0.25) is 0 Å². The maximum Gasteiger partial charge on any atom is 0.0461 e. The maximum absolute atomic E-state index is 2.37. The summed E-state index contributed by atoms with van der Waals surface area (Å²) in [5.41, 5.74) is 8.00. The fourth-order valence-corrected chi connectivity index (χ4v) is 4.22. The molecule has 0 aliphatic rings. The minimum absolute atomic E-state index is 0.148. The minimum Gasteiger partial charge on any atom is -0.311 e. The summed E-state index contributed by atoms with van der Waals surface area (Å²) in [5.74, 6) is 0.597. The number of hydrogen-bond donors (Lipinski definition) is 0. The van der Waals surface area contributed by atoms with E-state index < -0.39 is 0 Å². The van der Waals surface area contributed by atoms with Gasteiger partial charge in [-0.15, -0.1) is 0 Å². The molecule has 0 amide bonds. The van der Waals surface area contributed by atoms with Gasteiger partial charge in [0.2, 0.25) is 0 Å². The second kappa shape index (κ2) is 9.53. The third-order valence-electron chi connectivity index (χ3n) is 6.43. The van der Waals surface area contributed by atoms with Crippen LogP contribution in [0.25, 0.3) is 0 Å². The molecule has 0 aliphatic heterocycles. The molecule has 0 spiro atoms. The standard InChI is InChI=1S/C31H41N/c1-9-10-23(2)24-11-17-27(18-12-24)32(28-19-13-25(14-20-28)30(3,4)5)29-21-15-26(16-22-29)31(6,7)8/h11-23H,9-10H2,1-8H3. The Morgan fingerprint density at radius 2 is 0.938 bits per heavy atom. The Hall–Kier alpha value is -2.54. The van der Waals surface area contributed by atoms with E-state index in [2.05, 4.69) is 133 Å². The van der Waals surface area contributed by atoms with Crippen LogP contribution < -0.4 is 4.90 Å². The third kappa shape index (κ3) is 5.63. The first-order valence-corrected chi connectivity index (χ1v) is 12.1. The average molecular weight is 428 g/mol. The van der Waals surface area contributed by atoms with E-state index in [4.69, 9.17) is 0 Å². The molecule has 1 unspecified atom stereocenters. The molecule has 0 bridgehead atoms. The van der Waals surface area contributed by atoms with Crippen LogP contribution in [0.1, 0.15) is 90.8 Å². The normalized spacial score (nSPS) is 13.1. The van der Waals surface area contributed by atoms with Crippen LogP contribution in [0, 0.1) is 0 Å². The van der Waals surface area contributed by atoms with Crippen molar-refractivity contribution in [1.29, 1.82) is 0 Å². The first-order valence-electron chi connectivity index (χ1n) is 12.1. The number of rotatable bonds is 6. The molecule has 170 valence electrons. The van der Waals surface area contributed by atoms with Gasteiger partial charge in [-0.3, -0.25) is 0 Å². The SMILES string of the molecule is CCCC(C)c1ccc(N(c2ccc(C(C)(C)C)cc2)c2ccc(C(C)(C)C)cc2)cc1. The van der Waals surface area contributed by atoms with Gasteiger partial charge in [0.05, 0.1) is 0 Å². The highest BCUT2D eigenvalue weighted by atomic mass is 15.1. The topological polar surface area (TPSA) is 3.24 Å². The Balaban J connectivity index is 2.03. The molecule has 1 heteroatoms. The Bertz CT molecular complexity index is 923. The third-order valence-corrected chi connectivity index (χ3v) is 6.43. The molecule has 0 saturated carbocycles. The van der Waals surface area contributed by atoms with Gasteiger partial charge in [0, 0.05) is 17.1 Å². The molecule has 0 saturated heterocycles. The summed E-state index contributed by atoms with van der Waals surface area (Å²) in [4.78, 5) is 2.37. The predicted molar refractivity (Wildman–Crippen MR) is 142 cm³/mol. The number of benzene rings is 3. The van der Waals surface area contributed by atoms with Crippen LogP contribution in [0.15, 0.2) is 72.8 Å². The van der Waals surface area contributed by atoms with E-state index in [1.54, 1.807) is 0 Å². The van der Waals surface area contributed by atoms with Crippen molar-refractivity contribution < 1.29 is 0 Å². The van der Waals surface area contributed by atoms with Crippen LogP contribution >= 0.6 is 0 Å². The Kier molecular flexibility index (Phi) is 7.18. The Morgan fingerprint density at radius 3 is 1.25 bits per heavy atom. The molecule has 32 heavy (non-hydrogen) atoms. The lowest BCUT2D eigenvalue weighted by molar-refractivity contribution is 0.590. The smallest absolute Gasteiger partial charge is 0.0461 e. The van der Waals surface area contributed by atoms with Crippen LogP contribution in [0.4, 0.5) is 17.1 Å². The summed E-state index contributed by atoms with van der Waals surface area (Å²) in [6, 6.07) is 27.2. The lowest BCUT2D eigenvalue weighted by Gasteiger charge is -2.28. The molecule has 0 heterocycles. The lowest BCUT2D eigenvalue weighted by atomic mass is 9.86. The molecule has 3 aromatic carbocycles. The largest absolute Gasteiger partial charge is 0.311 e. The monoisotopic (exact) mass is 427 g/mol. The Labute approximate surface area is 196 Å². The van der Waals surface area contributed by atoms with E-state index in [-0.39, 0.29) is 10.8 Å². The van der Waals surface area contributed by atoms with E-state index in [0.717, 1.165) is 0 Å². The van der Waals surface area contributed by atoms with Crippen molar-refractivity contribution in [2.45, 2.75) is 85.0 Å². The van der Waals surface area contributed by atoms with Crippen molar-refractivity contribution >= 4 is 17.1 Å². The van der Waals surface area contributed by atoms with Crippen molar-refractivity contribution in [2.24, 2.45) is 0 Å². The van der Waals surface area contributed by atoms with E-state index in [1.807, 2.05) is 0 Å². The zero-order valence-corrected chi connectivity index (χ0v) is 21.4. The van der Waals surface area contributed by atoms with Gasteiger partial charge in [0.15, 0.2) is 0 Å². The zero-order chi connectivity index (χ0) is 23.5. The van der Waals surface area contributed by atoms with Gasteiger partial charge in [0.25, 0.3) is 0 Å². The van der Waals surface area contributed by atoms with Crippen molar-refractivity contribution in [3.05, 3.63) is 89.5 Å². The van der Waals surface area contributed by atoms with Crippen molar-refractivity contribution in [2.75, 3.05) is 4.90 Å². The summed E-state index contributed by atoms with van der Waals surface area (Å²) in [6.07, 6.45) is 2.45. The fourth-order valence-electron chi connectivity index (χ4n) is 4.22. The summed E-state index contributed by atoms with van der Waals surface area (Å²) in [7, 11) is 0. The Morgan fingerprint density at radius 1 is 0.594 bits per heavy atom. The molecule has 0 N–H and O–H groups in total. The van der Waals surface area contributed by atoms with E-state index in [9.17, 15) is 0 Å². The number of hydrogen-bond acceptors (Lipinski definition) is 1. The minimum atomic E-state index is 0.148. The van der Waals surface area contributed by atoms with Gasteiger partial charge >= 0.3 is 0 Å². The van der Waals surface area contributed by atoms with Crippen molar-refractivity contribution in [3.8, 4) is 0 Å². The molecule has 1 atom stereocenters. The van der Waals surface area contributed by atoms with Gasteiger partial charge < -0.3 is 4.90 Å². The highest BCUT2D eigenvalue weighted by molar-refractivity contribution is 5.76. The van der Waals surface area contributed by atoms with Gasteiger partial charge in [-0.1, -0.05) is 98.2 Å². The van der Waals surface area contributed by atoms with E-state index >= 15 is 0 Å². The first-order chi connectivity index (χ1) is 15.0. The van der Waals surface area contributed by atoms with Gasteiger partial charge in [-0.25, -0.2) is 0 Å². The van der Waals surface area contributed by atoms with Gasteiger partial charge in [0.1, 0.15) is 0 Å². The second-order valence-corrected chi connectivity index (χ2v) is 11.2. The number of nitrogens with zero attached hydrogens (tertiary/aromatic N) is 1. The molecule has 0 aromatic heterocycles. The molecule has 0 fully saturated rings. The first kappa shape index (κ1) is 24.1. The molecule has 1 nitrogen and oxygen atoms in total. The number of anilines is 3. The van der Waals surface area contributed by atoms with Crippen molar-refractivity contribution in [3.63, 3.8) is 0 Å². The summed E-state index contributed by atoms with van der Waals surface area (Å²) < 4.78 is 0. The van der Waals surface area contributed by atoms with Crippen LogP contribution in [-0.4, -0.2) is 0 Å². The van der Waals surface area contributed by atoms with E-state index in [0.29, 0.717) is 5.92 Å². The molecule has 0 radical (unpaired) electrons. The summed E-state index contributed by atoms with van der Waals surface area (Å²) in [6.45, 7) is 18.2. The maximum atomic E-state index is 2.37. The van der Waals surface area contributed by atoms with Crippen LogP contribution in [-0.2, 0) is 10.8 Å². The highest BCUT2D eigenvalue weighted by Gasteiger charge is 2.18. The molecular formula is C31H41N. The molecular weight excluding hydrogens is 386 g/mol. The summed E-state index contributed by atoms with van der Waals surface area (Å²) in [5, 5.41) is 0. The quantitative estimate of drug-likeness (QED) is 0.378. The fraction of sp³-hybridized carbons (Fsp3) is 0.419. The van der Waals surface area contributed by atoms with Gasteiger partial charge in [-0.2, -0.15) is 0 Å². The molecule has 0 aliphatic carbocycles.